The molecule has 0 aliphatic carbocycles. The second-order valence-electron chi connectivity index (χ2n) is 4.16. The molecule has 2 aromatic rings. The molecule has 106 valence electrons. The Hall–Kier alpha value is -2.71. The minimum Gasteiger partial charge on any atom is -0.480 e. The standard InChI is InChI=1S/C11H14N6O3/c18-10(1-3-17-4-2-14-16-17)15-9(11(19)20)5-8-6-12-7-13-8/h2,4,6-7,9H,1,3,5H2,(H,12,13)(H,15,18)(H,19,20)/t9-/m1/s1. The van der Waals surface area contributed by atoms with Crippen molar-refractivity contribution in [3.8, 4) is 0 Å². The fraction of sp³-hybridized carbons (Fsp3) is 0.364. The zero-order chi connectivity index (χ0) is 14.4. The summed E-state index contributed by atoms with van der Waals surface area (Å²) in [7, 11) is 0. The van der Waals surface area contributed by atoms with E-state index in [0.717, 1.165) is 0 Å². The number of carboxylic acid groups (broad SMARTS) is 1. The molecule has 2 rings (SSSR count). The lowest BCUT2D eigenvalue weighted by atomic mass is 10.1. The summed E-state index contributed by atoms with van der Waals surface area (Å²) in [5, 5.41) is 18.9. The van der Waals surface area contributed by atoms with Crippen LogP contribution in [0.4, 0.5) is 0 Å². The Balaban J connectivity index is 1.84. The summed E-state index contributed by atoms with van der Waals surface area (Å²) < 4.78 is 1.50. The summed E-state index contributed by atoms with van der Waals surface area (Å²) >= 11 is 0. The third-order valence-corrected chi connectivity index (χ3v) is 2.65. The van der Waals surface area contributed by atoms with Crippen LogP contribution < -0.4 is 5.32 Å². The number of aromatic amines is 1. The Labute approximate surface area is 114 Å². The molecule has 0 unspecified atom stereocenters. The average Bonchev–Trinajstić information content (AvgIpc) is 3.08. The van der Waals surface area contributed by atoms with Crippen molar-refractivity contribution >= 4 is 11.9 Å². The number of nitrogens with zero attached hydrogens (tertiary/aromatic N) is 4. The van der Waals surface area contributed by atoms with Crippen molar-refractivity contribution in [3.63, 3.8) is 0 Å². The van der Waals surface area contributed by atoms with Gasteiger partial charge in [-0.25, -0.2) is 9.78 Å². The molecule has 0 saturated carbocycles. The molecule has 0 spiro atoms. The van der Waals surface area contributed by atoms with Crippen LogP contribution in [-0.2, 0) is 22.6 Å². The van der Waals surface area contributed by atoms with Gasteiger partial charge in [0.1, 0.15) is 6.04 Å². The second-order valence-corrected chi connectivity index (χ2v) is 4.16. The van der Waals surface area contributed by atoms with Gasteiger partial charge in [-0.15, -0.1) is 5.10 Å². The molecule has 9 heteroatoms. The lowest BCUT2D eigenvalue weighted by Crippen LogP contribution is -2.42. The summed E-state index contributed by atoms with van der Waals surface area (Å²) in [6, 6.07) is -0.987. The molecule has 20 heavy (non-hydrogen) atoms. The fourth-order valence-electron chi connectivity index (χ4n) is 1.65. The highest BCUT2D eigenvalue weighted by atomic mass is 16.4. The van der Waals surface area contributed by atoms with Crippen molar-refractivity contribution in [3.05, 3.63) is 30.6 Å². The normalized spacial score (nSPS) is 12.0. The van der Waals surface area contributed by atoms with Crippen LogP contribution in [-0.4, -0.2) is 48.0 Å². The van der Waals surface area contributed by atoms with Gasteiger partial charge in [-0.3, -0.25) is 9.48 Å². The van der Waals surface area contributed by atoms with Crippen LogP contribution in [0.15, 0.2) is 24.9 Å². The molecule has 2 aromatic heterocycles. The summed E-state index contributed by atoms with van der Waals surface area (Å²) in [4.78, 5) is 29.4. The van der Waals surface area contributed by atoms with E-state index in [0.29, 0.717) is 12.2 Å². The third-order valence-electron chi connectivity index (χ3n) is 2.65. The highest BCUT2D eigenvalue weighted by Gasteiger charge is 2.20. The maximum atomic E-state index is 11.7. The second kappa shape index (κ2) is 6.45. The highest BCUT2D eigenvalue weighted by molar-refractivity contribution is 5.83. The van der Waals surface area contributed by atoms with Crippen molar-refractivity contribution in [2.45, 2.75) is 25.4 Å². The number of H-pyrrole nitrogens is 1. The zero-order valence-corrected chi connectivity index (χ0v) is 10.6. The number of rotatable bonds is 7. The van der Waals surface area contributed by atoms with Crippen LogP contribution in [0.25, 0.3) is 0 Å². The lowest BCUT2D eigenvalue weighted by Gasteiger charge is -2.13. The maximum Gasteiger partial charge on any atom is 0.326 e. The zero-order valence-electron chi connectivity index (χ0n) is 10.6. The Morgan fingerprint density at radius 3 is 2.95 bits per heavy atom. The van der Waals surface area contributed by atoms with Crippen LogP contribution in [0.5, 0.6) is 0 Å². The van der Waals surface area contributed by atoms with Gasteiger partial charge < -0.3 is 15.4 Å². The molecule has 9 nitrogen and oxygen atoms in total. The summed E-state index contributed by atoms with van der Waals surface area (Å²) in [6.45, 7) is 0.349. The van der Waals surface area contributed by atoms with E-state index in [4.69, 9.17) is 5.11 Å². The number of hydrogen-bond donors (Lipinski definition) is 3. The molecule has 0 aromatic carbocycles. The van der Waals surface area contributed by atoms with Crippen molar-refractivity contribution in [2.75, 3.05) is 0 Å². The van der Waals surface area contributed by atoms with Crippen LogP contribution in [0.1, 0.15) is 12.1 Å². The van der Waals surface area contributed by atoms with Gasteiger partial charge >= 0.3 is 5.97 Å². The Kier molecular flexibility index (Phi) is 4.43. The van der Waals surface area contributed by atoms with E-state index in [1.807, 2.05) is 0 Å². The van der Waals surface area contributed by atoms with Gasteiger partial charge in [0.15, 0.2) is 0 Å². The predicted octanol–water partition coefficient (Wildman–Crippen LogP) is -0.797. The number of imidazole rings is 1. The van der Waals surface area contributed by atoms with Gasteiger partial charge in [0.2, 0.25) is 5.91 Å². The number of hydrogen-bond acceptors (Lipinski definition) is 5. The summed E-state index contributed by atoms with van der Waals surface area (Å²) in [5.74, 6) is -1.44. The molecular formula is C11H14N6O3. The SMILES string of the molecule is O=C(CCn1ccnn1)N[C@H](Cc1cnc[nH]1)C(=O)O. The van der Waals surface area contributed by atoms with Crippen LogP contribution in [0.3, 0.4) is 0 Å². The molecule has 3 N–H and O–H groups in total. The van der Waals surface area contributed by atoms with E-state index in [9.17, 15) is 9.59 Å². The largest absolute Gasteiger partial charge is 0.480 e. The van der Waals surface area contributed by atoms with E-state index in [1.165, 1.54) is 23.4 Å². The molecule has 1 atom stereocenters. The van der Waals surface area contributed by atoms with Gasteiger partial charge in [0.05, 0.1) is 19.1 Å². The quantitative estimate of drug-likeness (QED) is 0.609. The van der Waals surface area contributed by atoms with Gasteiger partial charge in [-0.05, 0) is 0 Å². The number of amides is 1. The smallest absolute Gasteiger partial charge is 0.326 e. The van der Waals surface area contributed by atoms with Crippen molar-refractivity contribution in [1.29, 1.82) is 0 Å². The number of nitrogens with one attached hydrogen (secondary N) is 2. The average molecular weight is 278 g/mol. The van der Waals surface area contributed by atoms with Gasteiger partial charge in [0, 0.05) is 30.9 Å². The minimum absolute atomic E-state index is 0.135. The number of aryl methyl sites for hydroxylation is 1. The maximum absolute atomic E-state index is 11.7. The van der Waals surface area contributed by atoms with Gasteiger partial charge in [-0.2, -0.15) is 0 Å². The van der Waals surface area contributed by atoms with Gasteiger partial charge in [-0.1, -0.05) is 5.21 Å². The number of carbonyl (C=O) groups excluding carboxylic acids is 1. The Morgan fingerprint density at radius 1 is 1.50 bits per heavy atom. The fourth-order valence-corrected chi connectivity index (χ4v) is 1.65. The van der Waals surface area contributed by atoms with Gasteiger partial charge in [0.25, 0.3) is 0 Å². The number of aromatic nitrogens is 5. The third kappa shape index (κ3) is 3.90. The molecule has 2 heterocycles. The predicted molar refractivity (Wildman–Crippen MR) is 66.5 cm³/mol. The molecule has 0 aliphatic rings. The molecule has 0 aliphatic heterocycles. The van der Waals surface area contributed by atoms with E-state index >= 15 is 0 Å². The molecule has 0 bridgehead atoms. The number of aliphatic carboxylic acids is 1. The molecule has 0 radical (unpaired) electrons. The number of carboxylic acids is 1. The monoisotopic (exact) mass is 278 g/mol. The first-order valence-corrected chi connectivity index (χ1v) is 5.98. The van der Waals surface area contributed by atoms with Crippen LogP contribution >= 0.6 is 0 Å². The summed E-state index contributed by atoms with van der Waals surface area (Å²) in [5.41, 5.74) is 0.647. The van der Waals surface area contributed by atoms with Crippen molar-refractivity contribution in [2.24, 2.45) is 0 Å². The first-order valence-electron chi connectivity index (χ1n) is 5.98. The van der Waals surface area contributed by atoms with Crippen LogP contribution in [0, 0.1) is 0 Å². The molecule has 0 fully saturated rings. The Morgan fingerprint density at radius 2 is 2.35 bits per heavy atom. The molecule has 0 saturated heterocycles. The number of carbonyl (C=O) groups is 2. The van der Waals surface area contributed by atoms with E-state index in [-0.39, 0.29) is 18.7 Å². The molecular weight excluding hydrogens is 264 g/mol. The van der Waals surface area contributed by atoms with Crippen LogP contribution in [0.2, 0.25) is 0 Å². The highest BCUT2D eigenvalue weighted by Crippen LogP contribution is 2.00. The first-order chi connectivity index (χ1) is 9.65. The first kappa shape index (κ1) is 13.7. The van der Waals surface area contributed by atoms with Crippen molar-refractivity contribution in [1.82, 2.24) is 30.3 Å². The van der Waals surface area contributed by atoms with E-state index < -0.39 is 12.0 Å². The van der Waals surface area contributed by atoms with Crippen molar-refractivity contribution < 1.29 is 14.7 Å². The summed E-state index contributed by atoms with van der Waals surface area (Å²) in [6.07, 6.45) is 6.42. The van der Waals surface area contributed by atoms with E-state index in [1.54, 1.807) is 6.20 Å². The van der Waals surface area contributed by atoms with E-state index in [2.05, 4.69) is 25.6 Å². The lowest BCUT2D eigenvalue weighted by molar-refractivity contribution is -0.141. The molecule has 1 amide bonds. The Bertz CT molecular complexity index is 551. The topological polar surface area (TPSA) is 126 Å². The minimum atomic E-state index is -1.09.